The lowest BCUT2D eigenvalue weighted by Gasteiger charge is -2.11. The Morgan fingerprint density at radius 2 is 2.00 bits per heavy atom. The molecule has 0 aliphatic rings. The number of nitrogens with one attached hydrogen (secondary N) is 1. The number of anilines is 1. The molecule has 0 heterocycles. The Labute approximate surface area is 137 Å². The Kier molecular flexibility index (Phi) is 6.45. The molecule has 0 saturated carbocycles. The van der Waals surface area contributed by atoms with E-state index in [-0.39, 0.29) is 11.3 Å². The van der Waals surface area contributed by atoms with Crippen LogP contribution < -0.4 is 5.32 Å². The molecule has 23 heavy (non-hydrogen) atoms. The number of carbonyl (C=O) groups is 1. The summed E-state index contributed by atoms with van der Waals surface area (Å²) < 4.78 is 43.3. The Morgan fingerprint density at radius 3 is 2.52 bits per heavy atom. The molecular formula is C16H15ClF3NO2. The second kappa shape index (κ2) is 7.87. The molecule has 1 aromatic carbocycles. The number of halogens is 4. The number of allylic oxidation sites excluding steroid dienone is 2. The lowest BCUT2D eigenvalue weighted by atomic mass is 10.1. The third-order valence-corrected chi connectivity index (χ3v) is 3.12. The molecule has 1 rings (SSSR count). The quantitative estimate of drug-likeness (QED) is 0.465. The van der Waals surface area contributed by atoms with Gasteiger partial charge in [0.25, 0.3) is 5.91 Å². The summed E-state index contributed by atoms with van der Waals surface area (Å²) in [6, 6.07) is 3.12. The van der Waals surface area contributed by atoms with E-state index >= 15 is 0 Å². The molecule has 0 aromatic heterocycles. The average molecular weight is 346 g/mol. The first-order valence-corrected chi connectivity index (χ1v) is 6.82. The van der Waals surface area contributed by atoms with Crippen LogP contribution in [0.15, 0.2) is 54.3 Å². The van der Waals surface area contributed by atoms with Crippen LogP contribution in [0.25, 0.3) is 0 Å². The molecule has 0 saturated heterocycles. The third kappa shape index (κ3) is 5.49. The van der Waals surface area contributed by atoms with E-state index in [1.54, 1.807) is 13.0 Å². The fourth-order valence-corrected chi connectivity index (χ4v) is 1.80. The number of benzene rings is 1. The van der Waals surface area contributed by atoms with Crippen LogP contribution in [0.2, 0.25) is 5.02 Å². The smallest absolute Gasteiger partial charge is 0.417 e. The summed E-state index contributed by atoms with van der Waals surface area (Å²) in [5.41, 5.74) is -0.988. The van der Waals surface area contributed by atoms with Gasteiger partial charge < -0.3 is 10.1 Å². The van der Waals surface area contributed by atoms with E-state index in [2.05, 4.69) is 11.9 Å². The number of methoxy groups -OCH3 is 1. The van der Waals surface area contributed by atoms with Crippen molar-refractivity contribution in [1.82, 2.24) is 0 Å². The van der Waals surface area contributed by atoms with E-state index in [0.717, 1.165) is 12.1 Å². The Morgan fingerprint density at radius 1 is 1.35 bits per heavy atom. The molecule has 0 spiro atoms. The van der Waals surface area contributed by atoms with Crippen molar-refractivity contribution < 1.29 is 22.7 Å². The maximum Gasteiger partial charge on any atom is 0.417 e. The zero-order valence-corrected chi connectivity index (χ0v) is 13.3. The van der Waals surface area contributed by atoms with E-state index in [1.807, 2.05) is 0 Å². The van der Waals surface area contributed by atoms with E-state index < -0.39 is 22.7 Å². The summed E-state index contributed by atoms with van der Waals surface area (Å²) in [5.74, 6) is -0.118. The summed E-state index contributed by atoms with van der Waals surface area (Å²) in [7, 11) is 1.47. The molecule has 3 nitrogen and oxygen atoms in total. The first-order chi connectivity index (χ1) is 10.7. The van der Waals surface area contributed by atoms with Crippen molar-refractivity contribution in [2.45, 2.75) is 13.1 Å². The van der Waals surface area contributed by atoms with Gasteiger partial charge in [-0.2, -0.15) is 13.2 Å². The van der Waals surface area contributed by atoms with Gasteiger partial charge >= 0.3 is 6.18 Å². The van der Waals surface area contributed by atoms with Crippen LogP contribution in [0, 0.1) is 0 Å². The number of carbonyl (C=O) groups excluding carboxylic acids is 1. The van der Waals surface area contributed by atoms with Gasteiger partial charge in [-0.1, -0.05) is 18.2 Å². The molecule has 1 aromatic rings. The Balaban J connectivity index is 2.88. The lowest BCUT2D eigenvalue weighted by molar-refractivity contribution is -0.137. The SMILES string of the molecule is C=C(/C=C\C(=C/C)OC)C(=O)Nc1ccc(Cl)c(C(F)(F)F)c1. The number of hydrogen-bond donors (Lipinski definition) is 1. The lowest BCUT2D eigenvalue weighted by Crippen LogP contribution is -2.14. The molecule has 0 radical (unpaired) electrons. The number of alkyl halides is 3. The average Bonchev–Trinajstić information content (AvgIpc) is 2.48. The zero-order chi connectivity index (χ0) is 17.6. The number of ether oxygens (including phenoxy) is 1. The summed E-state index contributed by atoms with van der Waals surface area (Å²) in [5, 5.41) is 1.89. The van der Waals surface area contributed by atoms with Crippen molar-refractivity contribution in [2.75, 3.05) is 12.4 Å². The molecule has 1 N–H and O–H groups in total. The van der Waals surface area contributed by atoms with Crippen molar-refractivity contribution >= 4 is 23.2 Å². The van der Waals surface area contributed by atoms with Crippen LogP contribution in [0.5, 0.6) is 0 Å². The second-order valence-corrected chi connectivity index (χ2v) is 4.81. The fourth-order valence-electron chi connectivity index (χ4n) is 1.57. The largest absolute Gasteiger partial charge is 0.497 e. The van der Waals surface area contributed by atoms with Gasteiger partial charge in [0.2, 0.25) is 0 Å². The predicted molar refractivity (Wildman–Crippen MR) is 84.1 cm³/mol. The van der Waals surface area contributed by atoms with Crippen molar-refractivity contribution in [3.8, 4) is 0 Å². The van der Waals surface area contributed by atoms with Crippen LogP contribution in [0.4, 0.5) is 18.9 Å². The van der Waals surface area contributed by atoms with E-state index in [4.69, 9.17) is 16.3 Å². The highest BCUT2D eigenvalue weighted by Gasteiger charge is 2.33. The molecule has 1 amide bonds. The third-order valence-electron chi connectivity index (χ3n) is 2.79. The van der Waals surface area contributed by atoms with Crippen molar-refractivity contribution in [3.05, 3.63) is 64.9 Å². The van der Waals surface area contributed by atoms with Gasteiger partial charge in [0.15, 0.2) is 0 Å². The molecule has 124 valence electrons. The standard InChI is InChI=1S/C16H15ClF3NO2/c1-4-12(23-3)7-5-10(2)15(22)21-11-6-8-14(17)13(9-11)16(18,19)20/h4-9H,2H2,1,3H3,(H,21,22)/b7-5-,12-4+. The van der Waals surface area contributed by atoms with Gasteiger partial charge in [0, 0.05) is 11.3 Å². The molecule has 0 aliphatic carbocycles. The highest BCUT2D eigenvalue weighted by molar-refractivity contribution is 6.31. The highest BCUT2D eigenvalue weighted by Crippen LogP contribution is 2.36. The monoisotopic (exact) mass is 345 g/mol. The first kappa shape index (κ1) is 18.8. The topological polar surface area (TPSA) is 38.3 Å². The molecule has 0 atom stereocenters. The summed E-state index contributed by atoms with van der Waals surface area (Å²) in [4.78, 5) is 11.9. The molecular weight excluding hydrogens is 331 g/mol. The summed E-state index contributed by atoms with van der Waals surface area (Å²) >= 11 is 5.51. The fraction of sp³-hybridized carbons (Fsp3) is 0.188. The Hall–Kier alpha value is -2.21. The molecule has 0 aliphatic heterocycles. The number of hydrogen-bond acceptors (Lipinski definition) is 2. The van der Waals surface area contributed by atoms with E-state index in [9.17, 15) is 18.0 Å². The summed E-state index contributed by atoms with van der Waals surface area (Å²) in [6.45, 7) is 5.30. The minimum absolute atomic E-state index is 0.0285. The minimum Gasteiger partial charge on any atom is -0.497 e. The molecule has 0 fully saturated rings. The van der Waals surface area contributed by atoms with Gasteiger partial charge in [0.1, 0.15) is 5.76 Å². The summed E-state index contributed by atoms with van der Waals surface area (Å²) in [6.07, 6.45) is -0.00974. The highest BCUT2D eigenvalue weighted by atomic mass is 35.5. The van der Waals surface area contributed by atoms with Crippen LogP contribution in [-0.4, -0.2) is 13.0 Å². The van der Waals surface area contributed by atoms with E-state index in [0.29, 0.717) is 5.76 Å². The van der Waals surface area contributed by atoms with Gasteiger partial charge in [-0.05, 0) is 43.4 Å². The van der Waals surface area contributed by atoms with Crippen molar-refractivity contribution in [2.24, 2.45) is 0 Å². The van der Waals surface area contributed by atoms with Crippen molar-refractivity contribution in [3.63, 3.8) is 0 Å². The maximum absolute atomic E-state index is 12.8. The molecule has 0 bridgehead atoms. The van der Waals surface area contributed by atoms with Gasteiger partial charge in [-0.25, -0.2) is 0 Å². The normalized spacial score (nSPS) is 12.3. The Bertz CT molecular complexity index is 664. The maximum atomic E-state index is 12.8. The van der Waals surface area contributed by atoms with Crippen LogP contribution in [-0.2, 0) is 15.7 Å². The first-order valence-electron chi connectivity index (χ1n) is 6.44. The molecule has 0 unspecified atom stereocenters. The predicted octanol–water partition coefficient (Wildman–Crippen LogP) is 4.96. The van der Waals surface area contributed by atoms with Crippen molar-refractivity contribution in [1.29, 1.82) is 0 Å². The number of amides is 1. The molecule has 7 heteroatoms. The van der Waals surface area contributed by atoms with Crippen LogP contribution in [0.3, 0.4) is 0 Å². The second-order valence-electron chi connectivity index (χ2n) is 4.40. The van der Waals surface area contributed by atoms with Gasteiger partial charge in [0.05, 0.1) is 17.7 Å². The van der Waals surface area contributed by atoms with Gasteiger partial charge in [-0.3, -0.25) is 4.79 Å². The number of rotatable bonds is 5. The zero-order valence-electron chi connectivity index (χ0n) is 12.5. The minimum atomic E-state index is -4.60. The van der Waals surface area contributed by atoms with Crippen LogP contribution in [0.1, 0.15) is 12.5 Å². The van der Waals surface area contributed by atoms with E-state index in [1.165, 1.54) is 25.3 Å². The van der Waals surface area contributed by atoms with Gasteiger partial charge in [-0.15, -0.1) is 0 Å². The van der Waals surface area contributed by atoms with Crippen LogP contribution >= 0.6 is 11.6 Å².